The molecule has 118 valence electrons. The molecule has 1 amide bonds. The standard InChI is InChI=1S/C17H14BrNO4/c18-14-8-12-6-7-19(15(12)9-13(14)16(20)21)17(22)23-10-11-4-2-1-3-5-11/h1-5,8-9H,6-7,10H2,(H,20,21). The van der Waals surface area contributed by atoms with Crippen LogP contribution in [0.15, 0.2) is 46.9 Å². The van der Waals surface area contributed by atoms with Gasteiger partial charge in [0.2, 0.25) is 0 Å². The summed E-state index contributed by atoms with van der Waals surface area (Å²) >= 11 is 3.25. The van der Waals surface area contributed by atoms with Crippen molar-refractivity contribution in [2.45, 2.75) is 13.0 Å². The highest BCUT2D eigenvalue weighted by atomic mass is 79.9. The number of nitrogens with zero attached hydrogens (tertiary/aromatic N) is 1. The predicted molar refractivity (Wildman–Crippen MR) is 88.8 cm³/mol. The van der Waals surface area contributed by atoms with E-state index in [9.17, 15) is 14.7 Å². The van der Waals surface area contributed by atoms with Crippen LogP contribution in [0, 0.1) is 0 Å². The van der Waals surface area contributed by atoms with Crippen LogP contribution in [-0.2, 0) is 17.8 Å². The fourth-order valence-electron chi connectivity index (χ4n) is 2.56. The Kier molecular flexibility index (Phi) is 4.34. The van der Waals surface area contributed by atoms with E-state index < -0.39 is 12.1 Å². The Morgan fingerprint density at radius 1 is 1.22 bits per heavy atom. The molecule has 0 fully saturated rings. The van der Waals surface area contributed by atoms with Crippen molar-refractivity contribution in [2.24, 2.45) is 0 Å². The summed E-state index contributed by atoms with van der Waals surface area (Å²) in [6.45, 7) is 0.673. The van der Waals surface area contributed by atoms with E-state index in [4.69, 9.17) is 4.74 Å². The minimum atomic E-state index is -1.04. The second-order valence-corrected chi connectivity index (χ2v) is 6.06. The number of carbonyl (C=O) groups excluding carboxylic acids is 1. The maximum Gasteiger partial charge on any atom is 0.414 e. The fraction of sp³-hybridized carbons (Fsp3) is 0.176. The molecule has 2 aromatic carbocycles. The number of hydrogen-bond acceptors (Lipinski definition) is 3. The molecule has 1 heterocycles. The lowest BCUT2D eigenvalue weighted by Crippen LogP contribution is -2.29. The van der Waals surface area contributed by atoms with E-state index >= 15 is 0 Å². The molecule has 0 bridgehead atoms. The molecular weight excluding hydrogens is 362 g/mol. The maximum absolute atomic E-state index is 12.3. The van der Waals surface area contributed by atoms with Crippen LogP contribution in [0.4, 0.5) is 10.5 Å². The first kappa shape index (κ1) is 15.6. The minimum absolute atomic E-state index is 0.131. The van der Waals surface area contributed by atoms with Crippen LogP contribution >= 0.6 is 15.9 Å². The fourth-order valence-corrected chi connectivity index (χ4v) is 3.12. The number of carboxylic acid groups (broad SMARTS) is 1. The molecule has 0 spiro atoms. The summed E-state index contributed by atoms with van der Waals surface area (Å²) in [6.07, 6.45) is 0.208. The van der Waals surface area contributed by atoms with E-state index in [1.165, 1.54) is 11.0 Å². The van der Waals surface area contributed by atoms with Crippen molar-refractivity contribution in [3.8, 4) is 0 Å². The lowest BCUT2D eigenvalue weighted by molar-refractivity contribution is 0.0695. The van der Waals surface area contributed by atoms with Gasteiger partial charge in [0.25, 0.3) is 0 Å². The number of fused-ring (bicyclic) bond motifs is 1. The van der Waals surface area contributed by atoms with Gasteiger partial charge in [-0.05, 0) is 45.6 Å². The molecule has 5 nitrogen and oxygen atoms in total. The topological polar surface area (TPSA) is 66.8 Å². The van der Waals surface area contributed by atoms with Gasteiger partial charge >= 0.3 is 12.1 Å². The van der Waals surface area contributed by atoms with Crippen molar-refractivity contribution in [3.05, 3.63) is 63.6 Å². The summed E-state index contributed by atoms with van der Waals surface area (Å²) in [7, 11) is 0. The maximum atomic E-state index is 12.3. The van der Waals surface area contributed by atoms with Gasteiger partial charge in [-0.2, -0.15) is 0 Å². The first-order valence-electron chi connectivity index (χ1n) is 7.10. The van der Waals surface area contributed by atoms with Gasteiger partial charge in [-0.15, -0.1) is 0 Å². The van der Waals surface area contributed by atoms with Crippen LogP contribution < -0.4 is 4.90 Å². The molecule has 0 atom stereocenters. The third-order valence-electron chi connectivity index (χ3n) is 3.72. The molecule has 0 unspecified atom stereocenters. The Balaban J connectivity index is 1.77. The van der Waals surface area contributed by atoms with Crippen molar-refractivity contribution in [1.82, 2.24) is 0 Å². The van der Waals surface area contributed by atoms with Gasteiger partial charge in [0.05, 0.1) is 11.3 Å². The molecule has 0 aliphatic carbocycles. The number of rotatable bonds is 3. The number of amides is 1. The van der Waals surface area contributed by atoms with E-state index in [2.05, 4.69) is 15.9 Å². The molecular formula is C17H14BrNO4. The second-order valence-electron chi connectivity index (χ2n) is 5.21. The van der Waals surface area contributed by atoms with Gasteiger partial charge in [0, 0.05) is 11.0 Å². The molecule has 0 saturated heterocycles. The van der Waals surface area contributed by atoms with E-state index in [0.29, 0.717) is 23.1 Å². The van der Waals surface area contributed by atoms with Crippen LogP contribution in [0.1, 0.15) is 21.5 Å². The average molecular weight is 376 g/mol. The summed E-state index contributed by atoms with van der Waals surface area (Å²) in [6, 6.07) is 12.7. The molecule has 6 heteroatoms. The number of hydrogen-bond donors (Lipinski definition) is 1. The molecule has 2 aromatic rings. The predicted octanol–water partition coefficient (Wildman–Crippen LogP) is 3.85. The van der Waals surface area contributed by atoms with Crippen molar-refractivity contribution in [1.29, 1.82) is 0 Å². The van der Waals surface area contributed by atoms with Crippen LogP contribution in [0.5, 0.6) is 0 Å². The molecule has 23 heavy (non-hydrogen) atoms. The number of anilines is 1. The van der Waals surface area contributed by atoms with Gasteiger partial charge in [-0.1, -0.05) is 30.3 Å². The van der Waals surface area contributed by atoms with Crippen LogP contribution in [0.25, 0.3) is 0 Å². The Labute approximate surface area is 141 Å². The lowest BCUT2D eigenvalue weighted by atomic mass is 10.1. The Hall–Kier alpha value is -2.34. The molecule has 1 N–H and O–H groups in total. The number of carbonyl (C=O) groups is 2. The van der Waals surface area contributed by atoms with E-state index in [0.717, 1.165) is 11.1 Å². The zero-order valence-corrected chi connectivity index (χ0v) is 13.7. The largest absolute Gasteiger partial charge is 0.478 e. The smallest absolute Gasteiger partial charge is 0.414 e. The molecule has 0 aromatic heterocycles. The molecule has 0 radical (unpaired) electrons. The van der Waals surface area contributed by atoms with Gasteiger partial charge in [0.15, 0.2) is 0 Å². The molecule has 0 saturated carbocycles. The summed E-state index contributed by atoms with van der Waals surface area (Å²) in [4.78, 5) is 25.0. The number of ether oxygens (including phenoxy) is 1. The number of benzene rings is 2. The second kappa shape index (κ2) is 6.42. The Bertz CT molecular complexity index is 761. The molecule has 3 rings (SSSR count). The zero-order valence-electron chi connectivity index (χ0n) is 12.2. The lowest BCUT2D eigenvalue weighted by Gasteiger charge is -2.17. The highest BCUT2D eigenvalue weighted by Gasteiger charge is 2.28. The third kappa shape index (κ3) is 3.22. The van der Waals surface area contributed by atoms with Crippen molar-refractivity contribution >= 4 is 33.7 Å². The van der Waals surface area contributed by atoms with Crippen molar-refractivity contribution in [3.63, 3.8) is 0 Å². The van der Waals surface area contributed by atoms with Gasteiger partial charge < -0.3 is 9.84 Å². The average Bonchev–Trinajstić information content (AvgIpc) is 2.95. The van der Waals surface area contributed by atoms with E-state index in [-0.39, 0.29) is 12.2 Å². The first-order valence-corrected chi connectivity index (χ1v) is 7.89. The van der Waals surface area contributed by atoms with Gasteiger partial charge in [-0.3, -0.25) is 4.90 Å². The normalized spacial score (nSPS) is 12.8. The summed E-state index contributed by atoms with van der Waals surface area (Å²) < 4.78 is 5.84. The Morgan fingerprint density at radius 2 is 1.96 bits per heavy atom. The zero-order chi connectivity index (χ0) is 16.4. The molecule has 1 aliphatic rings. The SMILES string of the molecule is O=C(O)c1cc2c(cc1Br)CCN2C(=O)OCc1ccccc1. The van der Waals surface area contributed by atoms with Crippen molar-refractivity contribution in [2.75, 3.05) is 11.4 Å². The molecule has 1 aliphatic heterocycles. The van der Waals surface area contributed by atoms with Crippen LogP contribution in [0.2, 0.25) is 0 Å². The van der Waals surface area contributed by atoms with Crippen LogP contribution in [-0.4, -0.2) is 23.7 Å². The van der Waals surface area contributed by atoms with E-state index in [1.54, 1.807) is 6.07 Å². The summed E-state index contributed by atoms with van der Waals surface area (Å²) in [5, 5.41) is 9.21. The van der Waals surface area contributed by atoms with Gasteiger partial charge in [0.1, 0.15) is 6.61 Å². The highest BCUT2D eigenvalue weighted by Crippen LogP contribution is 2.33. The quantitative estimate of drug-likeness (QED) is 0.884. The van der Waals surface area contributed by atoms with Gasteiger partial charge in [-0.25, -0.2) is 9.59 Å². The number of carboxylic acids is 1. The minimum Gasteiger partial charge on any atom is -0.478 e. The monoisotopic (exact) mass is 375 g/mol. The van der Waals surface area contributed by atoms with E-state index in [1.807, 2.05) is 30.3 Å². The number of halogens is 1. The third-order valence-corrected chi connectivity index (χ3v) is 4.38. The Morgan fingerprint density at radius 3 is 2.65 bits per heavy atom. The summed E-state index contributed by atoms with van der Waals surface area (Å²) in [5.41, 5.74) is 2.57. The highest BCUT2D eigenvalue weighted by molar-refractivity contribution is 9.10. The first-order chi connectivity index (χ1) is 11.1. The van der Waals surface area contributed by atoms with Crippen molar-refractivity contribution < 1.29 is 19.4 Å². The summed E-state index contributed by atoms with van der Waals surface area (Å²) in [5.74, 6) is -1.04. The number of aromatic carboxylic acids is 1. The van der Waals surface area contributed by atoms with Crippen LogP contribution in [0.3, 0.4) is 0 Å².